The molecular formula is C18H16N4O4S. The third kappa shape index (κ3) is 3.70. The van der Waals surface area contributed by atoms with Crippen molar-refractivity contribution in [2.75, 3.05) is 17.7 Å². The Morgan fingerprint density at radius 1 is 1.37 bits per heavy atom. The van der Waals surface area contributed by atoms with Gasteiger partial charge in [-0.05, 0) is 18.2 Å². The number of aliphatic hydroxyl groups excluding tert-OH is 1. The number of rotatable bonds is 4. The Bertz CT molecular complexity index is 1050. The highest BCUT2D eigenvalue weighted by Crippen LogP contribution is 2.30. The summed E-state index contributed by atoms with van der Waals surface area (Å²) in [5.41, 5.74) is 0.293. The van der Waals surface area contributed by atoms with Crippen molar-refractivity contribution in [3.05, 3.63) is 64.8 Å². The number of para-hydroxylation sites is 1. The van der Waals surface area contributed by atoms with E-state index in [4.69, 9.17) is 9.84 Å². The third-order valence-corrected chi connectivity index (χ3v) is 5.23. The molecule has 9 heteroatoms. The van der Waals surface area contributed by atoms with Gasteiger partial charge in [-0.2, -0.15) is 4.98 Å². The zero-order chi connectivity index (χ0) is 18.8. The monoisotopic (exact) mass is 384 g/mol. The molecule has 0 bridgehead atoms. The lowest BCUT2D eigenvalue weighted by Crippen LogP contribution is -2.29. The molecule has 3 aromatic rings. The largest absolute Gasteiger partial charge is 0.393 e. The van der Waals surface area contributed by atoms with Crippen molar-refractivity contribution in [2.24, 2.45) is 0 Å². The molecule has 1 saturated heterocycles. The average molecular weight is 384 g/mol. The van der Waals surface area contributed by atoms with E-state index in [0.717, 1.165) is 10.9 Å². The molecule has 8 nitrogen and oxygen atoms in total. The Morgan fingerprint density at radius 2 is 2.22 bits per heavy atom. The van der Waals surface area contributed by atoms with Gasteiger partial charge in [0.25, 0.3) is 5.91 Å². The van der Waals surface area contributed by atoms with E-state index >= 15 is 0 Å². The van der Waals surface area contributed by atoms with Crippen LogP contribution in [0.25, 0.3) is 10.9 Å². The summed E-state index contributed by atoms with van der Waals surface area (Å²) >= 11 is 1.43. The van der Waals surface area contributed by atoms with Crippen LogP contribution in [0.5, 0.6) is 0 Å². The second-order valence-electron chi connectivity index (χ2n) is 5.91. The molecule has 1 fully saturated rings. The zero-order valence-electron chi connectivity index (χ0n) is 14.1. The number of aromatic nitrogens is 3. The van der Waals surface area contributed by atoms with E-state index < -0.39 is 17.8 Å². The number of amides is 1. The Morgan fingerprint density at radius 3 is 3.00 bits per heavy atom. The summed E-state index contributed by atoms with van der Waals surface area (Å²) in [6.07, 6.45) is 2.52. The van der Waals surface area contributed by atoms with Gasteiger partial charge < -0.3 is 15.2 Å². The van der Waals surface area contributed by atoms with Crippen LogP contribution in [0, 0.1) is 0 Å². The second-order valence-corrected chi connectivity index (χ2v) is 7.10. The standard InChI is InChI=1S/C18H16N4O4S/c23-9-16-26-15(10-27-16)22-6-5-14(21-18(22)25)20-17(24)12-7-11-3-1-2-4-13(11)19-8-12/h1-8,15-16,23H,9-10H2,(H,20,21,24,25). The van der Waals surface area contributed by atoms with Gasteiger partial charge >= 0.3 is 5.69 Å². The first-order chi connectivity index (χ1) is 13.1. The maximum Gasteiger partial charge on any atom is 0.351 e. The predicted molar refractivity (Wildman–Crippen MR) is 102 cm³/mol. The number of nitrogens with one attached hydrogen (secondary N) is 1. The number of pyridine rings is 1. The first-order valence-corrected chi connectivity index (χ1v) is 9.32. The van der Waals surface area contributed by atoms with Gasteiger partial charge in [0, 0.05) is 23.5 Å². The van der Waals surface area contributed by atoms with Gasteiger partial charge in [-0.3, -0.25) is 14.3 Å². The summed E-state index contributed by atoms with van der Waals surface area (Å²) in [7, 11) is 0. The van der Waals surface area contributed by atoms with Crippen LogP contribution in [-0.2, 0) is 4.74 Å². The fourth-order valence-electron chi connectivity index (χ4n) is 2.77. The van der Waals surface area contributed by atoms with Crippen LogP contribution < -0.4 is 11.0 Å². The zero-order valence-corrected chi connectivity index (χ0v) is 14.9. The van der Waals surface area contributed by atoms with Crippen LogP contribution in [0.15, 0.2) is 53.6 Å². The summed E-state index contributed by atoms with van der Waals surface area (Å²) in [4.78, 5) is 32.8. The highest BCUT2D eigenvalue weighted by atomic mass is 32.2. The van der Waals surface area contributed by atoms with Gasteiger partial charge in [0.1, 0.15) is 17.5 Å². The summed E-state index contributed by atoms with van der Waals surface area (Å²) in [5, 5.41) is 12.6. The number of nitrogens with zero attached hydrogens (tertiary/aromatic N) is 3. The molecule has 0 spiro atoms. The van der Waals surface area contributed by atoms with Crippen molar-refractivity contribution in [2.45, 2.75) is 11.7 Å². The van der Waals surface area contributed by atoms with Crippen molar-refractivity contribution < 1.29 is 14.6 Å². The van der Waals surface area contributed by atoms with E-state index in [1.165, 1.54) is 34.8 Å². The molecule has 138 valence electrons. The number of hydrogen-bond acceptors (Lipinski definition) is 7. The lowest BCUT2D eigenvalue weighted by atomic mass is 10.1. The van der Waals surface area contributed by atoms with E-state index in [2.05, 4.69) is 15.3 Å². The van der Waals surface area contributed by atoms with Gasteiger partial charge in [-0.25, -0.2) is 4.79 Å². The fraction of sp³-hybridized carbons (Fsp3) is 0.222. The van der Waals surface area contributed by atoms with Crippen molar-refractivity contribution in [3.8, 4) is 0 Å². The Labute approximate surface area is 158 Å². The van der Waals surface area contributed by atoms with Crippen molar-refractivity contribution in [3.63, 3.8) is 0 Å². The maximum absolute atomic E-state index is 12.4. The van der Waals surface area contributed by atoms with Crippen LogP contribution in [0.4, 0.5) is 5.82 Å². The number of fused-ring (bicyclic) bond motifs is 1. The average Bonchev–Trinajstić information content (AvgIpc) is 3.16. The lowest BCUT2D eigenvalue weighted by molar-refractivity contribution is -0.00629. The minimum Gasteiger partial charge on any atom is -0.393 e. The fourth-order valence-corrected chi connectivity index (χ4v) is 3.70. The molecule has 1 aliphatic heterocycles. The van der Waals surface area contributed by atoms with Gasteiger partial charge in [0.05, 0.1) is 17.7 Å². The van der Waals surface area contributed by atoms with Gasteiger partial charge in [0.2, 0.25) is 0 Å². The number of benzene rings is 1. The van der Waals surface area contributed by atoms with Crippen LogP contribution >= 0.6 is 11.8 Å². The van der Waals surface area contributed by atoms with E-state index in [1.807, 2.05) is 24.3 Å². The number of thioether (sulfide) groups is 1. The maximum atomic E-state index is 12.4. The highest BCUT2D eigenvalue weighted by molar-refractivity contribution is 8.00. The third-order valence-electron chi connectivity index (χ3n) is 4.12. The van der Waals surface area contributed by atoms with E-state index in [1.54, 1.807) is 6.07 Å². The van der Waals surface area contributed by atoms with E-state index in [-0.39, 0.29) is 17.9 Å². The van der Waals surface area contributed by atoms with E-state index in [9.17, 15) is 9.59 Å². The SMILES string of the molecule is O=C(Nc1ccn(C2CSC(CO)O2)c(=O)n1)c1cnc2ccccc2c1. The number of ether oxygens (including phenoxy) is 1. The topological polar surface area (TPSA) is 106 Å². The molecule has 27 heavy (non-hydrogen) atoms. The lowest BCUT2D eigenvalue weighted by Gasteiger charge is -2.14. The van der Waals surface area contributed by atoms with Gasteiger partial charge in [0.15, 0.2) is 0 Å². The summed E-state index contributed by atoms with van der Waals surface area (Å²) in [6, 6.07) is 10.8. The summed E-state index contributed by atoms with van der Waals surface area (Å²) in [6.45, 7) is -0.114. The minimum atomic E-state index is -0.534. The smallest absolute Gasteiger partial charge is 0.351 e. The van der Waals surface area contributed by atoms with Crippen molar-refractivity contribution in [1.29, 1.82) is 0 Å². The number of carbonyl (C=O) groups is 1. The molecule has 0 aliphatic carbocycles. The second kappa shape index (κ2) is 7.47. The molecular weight excluding hydrogens is 368 g/mol. The number of anilines is 1. The number of carbonyl (C=O) groups excluding carboxylic acids is 1. The van der Waals surface area contributed by atoms with Crippen LogP contribution in [-0.4, -0.2) is 43.3 Å². The molecule has 2 aromatic heterocycles. The first-order valence-electron chi connectivity index (χ1n) is 8.27. The number of hydrogen-bond donors (Lipinski definition) is 2. The van der Waals surface area contributed by atoms with E-state index in [0.29, 0.717) is 11.3 Å². The Kier molecular flexibility index (Phi) is 4.88. The highest BCUT2D eigenvalue weighted by Gasteiger charge is 2.27. The Balaban J connectivity index is 1.51. The molecule has 1 amide bonds. The molecule has 2 atom stereocenters. The molecule has 3 heterocycles. The van der Waals surface area contributed by atoms with Crippen molar-refractivity contribution >= 4 is 34.4 Å². The molecule has 1 aromatic carbocycles. The van der Waals surface area contributed by atoms with Crippen molar-refractivity contribution in [1.82, 2.24) is 14.5 Å². The number of aliphatic hydroxyl groups is 1. The minimum absolute atomic E-state index is 0.114. The first kappa shape index (κ1) is 17.7. The normalized spacial score (nSPS) is 19.3. The van der Waals surface area contributed by atoms with Gasteiger partial charge in [-0.15, -0.1) is 11.8 Å². The molecule has 2 N–H and O–H groups in total. The molecule has 0 radical (unpaired) electrons. The van der Waals surface area contributed by atoms with Crippen LogP contribution in [0.2, 0.25) is 0 Å². The summed E-state index contributed by atoms with van der Waals surface area (Å²) < 4.78 is 6.89. The molecule has 1 aliphatic rings. The molecule has 2 unspecified atom stereocenters. The van der Waals surface area contributed by atoms with Gasteiger partial charge in [-0.1, -0.05) is 18.2 Å². The van der Waals surface area contributed by atoms with Crippen LogP contribution in [0.3, 0.4) is 0 Å². The predicted octanol–water partition coefficient (Wildman–Crippen LogP) is 1.62. The quantitative estimate of drug-likeness (QED) is 0.704. The van der Waals surface area contributed by atoms with Crippen LogP contribution in [0.1, 0.15) is 16.6 Å². The molecule has 0 saturated carbocycles. The Hall–Kier alpha value is -2.75. The summed E-state index contributed by atoms with van der Waals surface area (Å²) in [5.74, 6) is 0.297. The molecule has 4 rings (SSSR count).